The van der Waals surface area contributed by atoms with E-state index in [2.05, 4.69) is 25.7 Å². The molecule has 41 heavy (non-hydrogen) atoms. The van der Waals surface area contributed by atoms with Gasteiger partial charge >= 0.3 is 0 Å². The molecule has 14 heteroatoms. The molecule has 0 saturated heterocycles. The number of para-hydroxylation sites is 1. The molecule has 2 heterocycles. The normalized spacial score (nSPS) is 14.3. The Labute approximate surface area is 251 Å². The van der Waals surface area contributed by atoms with E-state index < -0.39 is 31.7 Å². The smallest absolute Gasteiger partial charge is 0.268 e. The molecule has 0 atom stereocenters. The molecule has 226 valence electrons. The zero-order valence-electron chi connectivity index (χ0n) is 23.3. The number of hydrogen-bond donors (Lipinski definition) is 1. The molecule has 0 fully saturated rings. The largest absolute Gasteiger partial charge is 0.748 e. The van der Waals surface area contributed by atoms with Gasteiger partial charge in [0.1, 0.15) is 4.70 Å². The van der Waals surface area contributed by atoms with Crippen molar-refractivity contribution in [2.75, 3.05) is 42.6 Å². The predicted molar refractivity (Wildman–Crippen MR) is 163 cm³/mol. The summed E-state index contributed by atoms with van der Waals surface area (Å²) in [5.74, 6) is 0.110. The van der Waals surface area contributed by atoms with Gasteiger partial charge in [-0.05, 0) is 50.3 Å². The average molecular weight is 646 g/mol. The summed E-state index contributed by atoms with van der Waals surface area (Å²) in [6.07, 6.45) is 2.10. The number of aryl methyl sites for hydroxylation is 1. The summed E-state index contributed by atoms with van der Waals surface area (Å²) in [4.78, 5) is 4.16. The van der Waals surface area contributed by atoms with Crippen molar-refractivity contribution in [1.29, 1.82) is 0 Å². The van der Waals surface area contributed by atoms with Crippen LogP contribution in [0.5, 0.6) is 5.75 Å². The highest BCUT2D eigenvalue weighted by Crippen LogP contribution is 2.41. The fourth-order valence-corrected chi connectivity index (χ4v) is 6.64. The minimum Gasteiger partial charge on any atom is -0.748 e. The minimum atomic E-state index is -4.33. The van der Waals surface area contributed by atoms with Crippen LogP contribution < -0.4 is 14.2 Å². The number of fused-ring (bicyclic) bond motifs is 2. The van der Waals surface area contributed by atoms with Crippen LogP contribution in [-0.2, 0) is 26.8 Å². The summed E-state index contributed by atoms with van der Waals surface area (Å²) in [5.41, 5.74) is 1.55. The first kappa shape index (κ1) is 33.2. The zero-order valence-corrected chi connectivity index (χ0v) is 26.5. The van der Waals surface area contributed by atoms with Crippen molar-refractivity contribution in [2.24, 2.45) is 0 Å². The van der Waals surface area contributed by atoms with Gasteiger partial charge in [0.15, 0.2) is 12.3 Å². The highest BCUT2D eigenvalue weighted by Gasteiger charge is 2.29. The first-order chi connectivity index (χ1) is 19.3. The Morgan fingerprint density at radius 1 is 1.05 bits per heavy atom. The van der Waals surface area contributed by atoms with Gasteiger partial charge in [0, 0.05) is 29.8 Å². The molecule has 1 aliphatic heterocycles. The number of nitrogens with zero attached hydrogens (tertiary/aromatic N) is 3. The van der Waals surface area contributed by atoms with E-state index in [1.54, 1.807) is 29.2 Å². The van der Waals surface area contributed by atoms with Crippen LogP contribution in [0.15, 0.2) is 48.3 Å². The van der Waals surface area contributed by atoms with Gasteiger partial charge in [-0.1, -0.05) is 55.8 Å². The predicted octanol–water partition coefficient (Wildman–Crippen LogP) is 4.60. The Morgan fingerprint density at radius 2 is 1.73 bits per heavy atom. The molecule has 0 amide bonds. The first-order valence-electron chi connectivity index (χ1n) is 13.3. The zero-order chi connectivity index (χ0) is 30.2. The van der Waals surface area contributed by atoms with Crippen LogP contribution in [0.2, 0.25) is 5.02 Å². The topological polar surface area (TPSA) is 131 Å². The lowest BCUT2D eigenvalue weighted by molar-refractivity contribution is -0.668. The molecular formula is C27H36ClN3O7S3. The van der Waals surface area contributed by atoms with Crippen molar-refractivity contribution in [3.8, 4) is 5.75 Å². The second-order valence-electron chi connectivity index (χ2n) is 9.28. The van der Waals surface area contributed by atoms with Crippen LogP contribution in [0.4, 0.5) is 5.69 Å². The highest BCUT2D eigenvalue weighted by molar-refractivity contribution is 7.85. The molecule has 4 rings (SSSR count). The van der Waals surface area contributed by atoms with Crippen LogP contribution in [0.25, 0.3) is 16.3 Å². The maximum atomic E-state index is 11.2. The van der Waals surface area contributed by atoms with Gasteiger partial charge in [0.25, 0.3) is 15.1 Å². The molecule has 2 aromatic carbocycles. The molecule has 0 unspecified atom stereocenters. The molecule has 3 aromatic rings. The highest BCUT2D eigenvalue weighted by atomic mass is 35.5. The maximum absolute atomic E-state index is 11.2. The van der Waals surface area contributed by atoms with Gasteiger partial charge in [-0.2, -0.15) is 13.0 Å². The quantitative estimate of drug-likeness (QED) is 0.222. The lowest BCUT2D eigenvalue weighted by Gasteiger charge is -2.17. The Hall–Kier alpha value is -2.26. The average Bonchev–Trinajstić information content (AvgIpc) is 3.41. The van der Waals surface area contributed by atoms with E-state index in [9.17, 15) is 21.4 Å². The molecule has 0 saturated carbocycles. The van der Waals surface area contributed by atoms with Crippen molar-refractivity contribution in [1.82, 2.24) is 4.90 Å². The standard InChI is InChI=1S/C21H21ClN2O7S3.C6H15N/c22-15-7-8-18-17(13-15)23(9-3-11-33(25,26)27)20(31-18)14-21-24(10-4-12-34(28,29)30)16-5-1-2-6-19(16)32-21;1-4-7(5-2)6-3/h1-2,5-8,13-14H,3-4,9-12H2,(H-,25,26,27,28,29,30);4-6H2,1-3H3. The maximum Gasteiger partial charge on any atom is 0.268 e. The number of anilines is 1. The van der Waals surface area contributed by atoms with Crippen LogP contribution in [0.1, 0.15) is 38.6 Å². The summed E-state index contributed by atoms with van der Waals surface area (Å²) in [6, 6.07) is 12.7. The van der Waals surface area contributed by atoms with E-state index >= 15 is 0 Å². The molecular weight excluding hydrogens is 610 g/mol. The van der Waals surface area contributed by atoms with Crippen LogP contribution in [0.3, 0.4) is 0 Å². The summed E-state index contributed by atoms with van der Waals surface area (Å²) in [5, 5.41) is 1.25. The number of ether oxygens (including phenoxy) is 1. The fraction of sp³-hybridized carbons (Fsp3) is 0.444. The number of thiazole rings is 1. The van der Waals surface area contributed by atoms with Crippen LogP contribution in [-0.4, -0.2) is 68.5 Å². The molecule has 0 spiro atoms. The summed E-state index contributed by atoms with van der Waals surface area (Å²) < 4.78 is 73.7. The fourth-order valence-electron chi connectivity index (χ4n) is 4.38. The van der Waals surface area contributed by atoms with Crippen molar-refractivity contribution in [3.05, 3.63) is 58.4 Å². The lowest BCUT2D eigenvalue weighted by Crippen LogP contribution is -2.36. The Balaban J connectivity index is 0.000000587. The number of rotatable bonds is 12. The number of hydrogen-bond acceptors (Lipinski definition) is 9. The minimum absolute atomic E-state index is 0.152. The van der Waals surface area contributed by atoms with Crippen molar-refractivity contribution >= 4 is 65.2 Å². The summed E-state index contributed by atoms with van der Waals surface area (Å²) in [7, 11) is -8.44. The van der Waals surface area contributed by atoms with Crippen LogP contribution >= 0.6 is 22.9 Å². The second kappa shape index (κ2) is 14.8. The molecule has 1 aromatic heterocycles. The van der Waals surface area contributed by atoms with E-state index in [-0.39, 0.29) is 19.4 Å². The SMILES string of the molecule is CCN(CC)CC.O=S(=O)([O-])CCC[n+]1c(/C=C2\Oc3ccc(Cl)cc3N2CCCS(=O)(=O)O)sc2ccccc21. The van der Waals surface area contributed by atoms with E-state index in [0.29, 0.717) is 28.9 Å². The Bertz CT molecular complexity index is 1560. The molecule has 0 radical (unpaired) electrons. The third-order valence-corrected chi connectivity index (χ3v) is 9.42. The first-order valence-corrected chi connectivity index (χ1v) is 17.7. The van der Waals surface area contributed by atoms with E-state index in [1.165, 1.54) is 31.0 Å². The molecule has 1 aliphatic rings. The van der Waals surface area contributed by atoms with Gasteiger partial charge in [-0.15, -0.1) is 0 Å². The monoisotopic (exact) mass is 645 g/mol. The summed E-state index contributed by atoms with van der Waals surface area (Å²) >= 11 is 7.63. The third-order valence-electron chi connectivity index (χ3n) is 6.48. The van der Waals surface area contributed by atoms with Gasteiger partial charge in [0.2, 0.25) is 11.4 Å². The van der Waals surface area contributed by atoms with Gasteiger partial charge in [0.05, 0.1) is 27.6 Å². The molecule has 1 N–H and O–H groups in total. The van der Waals surface area contributed by atoms with E-state index in [0.717, 1.165) is 15.2 Å². The van der Waals surface area contributed by atoms with Gasteiger partial charge in [-0.25, -0.2) is 8.42 Å². The van der Waals surface area contributed by atoms with Crippen molar-refractivity contribution in [2.45, 2.75) is 40.2 Å². The van der Waals surface area contributed by atoms with E-state index in [1.807, 2.05) is 28.8 Å². The molecule has 0 aliphatic carbocycles. The molecule has 10 nitrogen and oxygen atoms in total. The summed E-state index contributed by atoms with van der Waals surface area (Å²) in [6.45, 7) is 10.7. The van der Waals surface area contributed by atoms with Crippen LogP contribution in [0, 0.1) is 0 Å². The Kier molecular flexibility index (Phi) is 12.0. The number of halogens is 1. The third kappa shape index (κ3) is 9.91. The van der Waals surface area contributed by atoms with Gasteiger partial charge < -0.3 is 19.1 Å². The second-order valence-corrected chi connectivity index (χ2v) is 13.9. The Morgan fingerprint density at radius 3 is 2.34 bits per heavy atom. The van der Waals surface area contributed by atoms with Crippen molar-refractivity contribution < 1.29 is 35.2 Å². The number of aromatic nitrogens is 1. The lowest BCUT2D eigenvalue weighted by atomic mass is 10.2. The number of benzene rings is 2. The van der Waals surface area contributed by atoms with E-state index in [4.69, 9.17) is 20.9 Å². The van der Waals surface area contributed by atoms with Gasteiger partial charge in [-0.3, -0.25) is 4.55 Å². The molecule has 0 bridgehead atoms. The van der Waals surface area contributed by atoms with Crippen molar-refractivity contribution in [3.63, 3.8) is 0 Å².